The molecule has 0 aliphatic carbocycles. The number of aromatic nitrogens is 2. The Hall–Kier alpha value is -2.68. The number of hydrogen-bond donors (Lipinski definition) is 1. The van der Waals surface area contributed by atoms with Crippen molar-refractivity contribution in [2.75, 3.05) is 12.4 Å². The van der Waals surface area contributed by atoms with Crippen LogP contribution >= 0.6 is 0 Å². The molecule has 2 aromatic rings. The van der Waals surface area contributed by atoms with Crippen LogP contribution in [0.2, 0.25) is 0 Å². The molecule has 0 saturated heterocycles. The highest BCUT2D eigenvalue weighted by Crippen LogP contribution is 2.27. The molecule has 1 aromatic carbocycles. The Morgan fingerprint density at radius 2 is 2.10 bits per heavy atom. The maximum atomic E-state index is 13.6. The van der Waals surface area contributed by atoms with Gasteiger partial charge in [0, 0.05) is 19.0 Å². The quantitative estimate of drug-likeness (QED) is 0.932. The van der Waals surface area contributed by atoms with Crippen LogP contribution < -0.4 is 10.1 Å². The van der Waals surface area contributed by atoms with Crippen LogP contribution in [0.25, 0.3) is 0 Å². The van der Waals surface area contributed by atoms with Crippen molar-refractivity contribution < 1.29 is 9.13 Å². The Morgan fingerprint density at radius 3 is 2.71 bits per heavy atom. The summed E-state index contributed by atoms with van der Waals surface area (Å²) in [7, 11) is 1.74. The van der Waals surface area contributed by atoms with Crippen LogP contribution in [-0.4, -0.2) is 17.0 Å². The molecule has 0 aliphatic rings. The van der Waals surface area contributed by atoms with E-state index in [1.54, 1.807) is 19.2 Å². The molecule has 108 valence electrons. The molecule has 0 spiro atoms. The minimum absolute atomic E-state index is 0.114. The van der Waals surface area contributed by atoms with Gasteiger partial charge in [-0.1, -0.05) is 19.9 Å². The van der Waals surface area contributed by atoms with Gasteiger partial charge in [-0.3, -0.25) is 0 Å². The molecule has 0 unspecified atom stereocenters. The van der Waals surface area contributed by atoms with Crippen LogP contribution in [0.3, 0.4) is 0 Å². The summed E-state index contributed by atoms with van der Waals surface area (Å²) in [5, 5.41) is 11.9. The van der Waals surface area contributed by atoms with Crippen LogP contribution in [-0.2, 0) is 0 Å². The summed E-state index contributed by atoms with van der Waals surface area (Å²) in [5.74, 6) is 1.09. The van der Waals surface area contributed by atoms with E-state index in [4.69, 9.17) is 10.00 Å². The van der Waals surface area contributed by atoms with E-state index in [0.717, 1.165) is 0 Å². The molecule has 0 aliphatic heterocycles. The third kappa shape index (κ3) is 3.26. The molecule has 0 fully saturated rings. The number of nitrogens with zero attached hydrogens (tertiary/aromatic N) is 3. The minimum atomic E-state index is -0.623. The highest BCUT2D eigenvalue weighted by atomic mass is 19.1. The fourth-order valence-electron chi connectivity index (χ4n) is 1.69. The van der Waals surface area contributed by atoms with Gasteiger partial charge in [0.1, 0.15) is 34.8 Å². The second kappa shape index (κ2) is 6.18. The Labute approximate surface area is 122 Å². The van der Waals surface area contributed by atoms with Crippen molar-refractivity contribution >= 4 is 5.82 Å². The van der Waals surface area contributed by atoms with Gasteiger partial charge in [-0.05, 0) is 12.1 Å². The van der Waals surface area contributed by atoms with Gasteiger partial charge < -0.3 is 10.1 Å². The number of nitrogens with one attached hydrogen (secondary N) is 1. The first-order chi connectivity index (χ1) is 10.0. The molecule has 1 heterocycles. The van der Waals surface area contributed by atoms with E-state index < -0.39 is 5.82 Å². The average molecular weight is 286 g/mol. The second-order valence-electron chi connectivity index (χ2n) is 4.68. The molecule has 0 amide bonds. The summed E-state index contributed by atoms with van der Waals surface area (Å²) in [6.07, 6.45) is 0. The highest BCUT2D eigenvalue weighted by molar-refractivity contribution is 5.46. The minimum Gasteiger partial charge on any atom is -0.437 e. The van der Waals surface area contributed by atoms with Crippen LogP contribution in [0, 0.1) is 17.1 Å². The van der Waals surface area contributed by atoms with Crippen molar-refractivity contribution in [2.45, 2.75) is 19.8 Å². The SMILES string of the molecule is CNc1cc(Oc2cccc(F)c2C#N)nc(C(C)C)n1. The topological polar surface area (TPSA) is 70.8 Å². The van der Waals surface area contributed by atoms with Gasteiger partial charge >= 0.3 is 0 Å². The van der Waals surface area contributed by atoms with Gasteiger partial charge in [0.25, 0.3) is 0 Å². The zero-order valence-corrected chi connectivity index (χ0v) is 12.0. The summed E-state index contributed by atoms with van der Waals surface area (Å²) in [5.41, 5.74) is -0.145. The van der Waals surface area contributed by atoms with Gasteiger partial charge in [0.05, 0.1) is 0 Å². The Bertz CT molecular complexity index is 695. The van der Waals surface area contributed by atoms with Crippen LogP contribution in [0.4, 0.5) is 10.2 Å². The number of halogens is 1. The van der Waals surface area contributed by atoms with E-state index in [9.17, 15) is 4.39 Å². The Balaban J connectivity index is 2.42. The van der Waals surface area contributed by atoms with E-state index in [-0.39, 0.29) is 23.1 Å². The number of ether oxygens (including phenoxy) is 1. The van der Waals surface area contributed by atoms with Crippen LogP contribution in [0.1, 0.15) is 31.2 Å². The molecule has 5 nitrogen and oxygen atoms in total. The first kappa shape index (κ1) is 14.7. The molecule has 0 bridgehead atoms. The Kier molecular flexibility index (Phi) is 4.33. The summed E-state index contributed by atoms with van der Waals surface area (Å²) >= 11 is 0. The fraction of sp³-hybridized carbons (Fsp3) is 0.267. The zero-order chi connectivity index (χ0) is 15.4. The van der Waals surface area contributed by atoms with E-state index in [1.165, 1.54) is 18.2 Å². The summed E-state index contributed by atoms with van der Waals surface area (Å²) in [6, 6.07) is 7.61. The predicted molar refractivity (Wildman–Crippen MR) is 76.9 cm³/mol. The predicted octanol–water partition coefficient (Wildman–Crippen LogP) is 3.44. The molecule has 0 atom stereocenters. The number of hydrogen-bond acceptors (Lipinski definition) is 5. The number of nitriles is 1. The lowest BCUT2D eigenvalue weighted by Crippen LogP contribution is -2.04. The van der Waals surface area contributed by atoms with E-state index in [1.807, 2.05) is 13.8 Å². The third-order valence-corrected chi connectivity index (χ3v) is 2.79. The molecular formula is C15H15FN4O. The van der Waals surface area contributed by atoms with Crippen LogP contribution in [0.15, 0.2) is 24.3 Å². The Morgan fingerprint density at radius 1 is 1.33 bits per heavy atom. The molecule has 1 N–H and O–H groups in total. The van der Waals surface area contributed by atoms with Crippen molar-refractivity contribution in [3.05, 3.63) is 41.5 Å². The fourth-order valence-corrected chi connectivity index (χ4v) is 1.69. The van der Waals surface area contributed by atoms with Crippen molar-refractivity contribution in [3.8, 4) is 17.7 Å². The first-order valence-electron chi connectivity index (χ1n) is 6.48. The molecule has 6 heteroatoms. The smallest absolute Gasteiger partial charge is 0.224 e. The highest BCUT2D eigenvalue weighted by Gasteiger charge is 2.13. The van der Waals surface area contributed by atoms with Crippen molar-refractivity contribution in [1.82, 2.24) is 9.97 Å². The van der Waals surface area contributed by atoms with Crippen LogP contribution in [0.5, 0.6) is 11.6 Å². The first-order valence-corrected chi connectivity index (χ1v) is 6.48. The van der Waals surface area contributed by atoms with E-state index in [2.05, 4.69) is 15.3 Å². The number of rotatable bonds is 4. The van der Waals surface area contributed by atoms with Crippen molar-refractivity contribution in [3.63, 3.8) is 0 Å². The number of anilines is 1. The lowest BCUT2D eigenvalue weighted by molar-refractivity contribution is 0.451. The maximum Gasteiger partial charge on any atom is 0.224 e. The second-order valence-corrected chi connectivity index (χ2v) is 4.68. The van der Waals surface area contributed by atoms with Crippen molar-refractivity contribution in [2.24, 2.45) is 0 Å². The molecule has 1 aromatic heterocycles. The summed E-state index contributed by atoms with van der Waals surface area (Å²) in [4.78, 5) is 8.59. The largest absolute Gasteiger partial charge is 0.437 e. The normalized spacial score (nSPS) is 10.3. The summed E-state index contributed by atoms with van der Waals surface area (Å²) < 4.78 is 19.1. The number of benzene rings is 1. The lowest BCUT2D eigenvalue weighted by Gasteiger charge is -2.11. The van der Waals surface area contributed by atoms with Gasteiger partial charge in [-0.25, -0.2) is 9.37 Å². The monoisotopic (exact) mass is 286 g/mol. The zero-order valence-electron chi connectivity index (χ0n) is 12.0. The molecule has 21 heavy (non-hydrogen) atoms. The standard InChI is InChI=1S/C15H15FN4O/c1-9(2)15-19-13(18-3)7-14(20-15)21-12-6-4-5-11(16)10(12)8-17/h4-7,9H,1-3H3,(H,18,19,20). The molecular weight excluding hydrogens is 271 g/mol. The molecule has 0 saturated carbocycles. The van der Waals surface area contributed by atoms with Gasteiger partial charge in [0.15, 0.2) is 0 Å². The van der Waals surface area contributed by atoms with Crippen molar-refractivity contribution in [1.29, 1.82) is 5.26 Å². The molecule has 0 radical (unpaired) electrons. The average Bonchev–Trinajstić information content (AvgIpc) is 2.47. The van der Waals surface area contributed by atoms with E-state index >= 15 is 0 Å². The van der Waals surface area contributed by atoms with Gasteiger partial charge in [-0.2, -0.15) is 10.2 Å². The maximum absolute atomic E-state index is 13.6. The van der Waals surface area contributed by atoms with E-state index in [0.29, 0.717) is 11.6 Å². The molecule has 2 rings (SSSR count). The van der Waals surface area contributed by atoms with Gasteiger partial charge in [0.2, 0.25) is 5.88 Å². The summed E-state index contributed by atoms with van der Waals surface area (Å²) in [6.45, 7) is 3.92. The third-order valence-electron chi connectivity index (χ3n) is 2.79. The van der Waals surface area contributed by atoms with Gasteiger partial charge in [-0.15, -0.1) is 0 Å². The lowest BCUT2D eigenvalue weighted by atomic mass is 10.2.